The molecule has 1 aromatic heterocycles. The lowest BCUT2D eigenvalue weighted by atomic mass is 10.4. The minimum Gasteiger partial charge on any atom is -0.368 e. The van der Waals surface area contributed by atoms with Crippen molar-refractivity contribution in [3.63, 3.8) is 0 Å². The Morgan fingerprint density at radius 2 is 2.21 bits per heavy atom. The van der Waals surface area contributed by atoms with E-state index in [4.69, 9.17) is 11.6 Å². The number of hydrogen-bond donors (Lipinski definition) is 2. The van der Waals surface area contributed by atoms with Crippen LogP contribution in [-0.4, -0.2) is 24.1 Å². The summed E-state index contributed by atoms with van der Waals surface area (Å²) in [5.41, 5.74) is 0. The lowest BCUT2D eigenvalue weighted by Crippen LogP contribution is -2.28. The number of hydrogen-bond acceptors (Lipinski definition) is 3. The van der Waals surface area contributed by atoms with Crippen molar-refractivity contribution < 1.29 is 0 Å². The van der Waals surface area contributed by atoms with Gasteiger partial charge in [-0.15, -0.1) is 0 Å². The fraction of sp³-hybridized carbons (Fsp3) is 0.500. The van der Waals surface area contributed by atoms with Gasteiger partial charge in [-0.2, -0.15) is 0 Å². The first kappa shape index (κ1) is 11.3. The van der Waals surface area contributed by atoms with E-state index < -0.39 is 0 Å². The van der Waals surface area contributed by atoms with Crippen LogP contribution in [0.4, 0.5) is 5.82 Å². The molecular weight excluding hydrogens is 198 g/mol. The number of aromatic nitrogens is 1. The highest BCUT2D eigenvalue weighted by Crippen LogP contribution is 2.16. The SMILES string of the molecule is CC(C)NCCNc1ncccc1Cl. The standard InChI is InChI=1S/C10H16ClN3/c1-8(2)12-6-7-14-10-9(11)4-3-5-13-10/h3-5,8,12H,6-7H2,1-2H3,(H,13,14). The number of nitrogens with zero attached hydrogens (tertiary/aromatic N) is 1. The summed E-state index contributed by atoms with van der Waals surface area (Å²) in [6.45, 7) is 5.97. The van der Waals surface area contributed by atoms with E-state index in [1.165, 1.54) is 0 Å². The molecule has 0 bridgehead atoms. The van der Waals surface area contributed by atoms with Gasteiger partial charge in [-0.3, -0.25) is 0 Å². The molecular formula is C10H16ClN3. The third-order valence-corrected chi connectivity index (χ3v) is 2.03. The van der Waals surface area contributed by atoms with Crippen molar-refractivity contribution in [2.24, 2.45) is 0 Å². The minimum absolute atomic E-state index is 0.510. The monoisotopic (exact) mass is 213 g/mol. The van der Waals surface area contributed by atoms with Crippen LogP contribution in [0.15, 0.2) is 18.3 Å². The average molecular weight is 214 g/mol. The van der Waals surface area contributed by atoms with Crippen molar-refractivity contribution >= 4 is 17.4 Å². The zero-order chi connectivity index (χ0) is 10.4. The normalized spacial score (nSPS) is 10.6. The van der Waals surface area contributed by atoms with Crippen LogP contribution in [0.2, 0.25) is 5.02 Å². The number of anilines is 1. The van der Waals surface area contributed by atoms with Gasteiger partial charge >= 0.3 is 0 Å². The van der Waals surface area contributed by atoms with Gasteiger partial charge in [-0.25, -0.2) is 4.98 Å². The summed E-state index contributed by atoms with van der Waals surface area (Å²) in [4.78, 5) is 4.12. The molecule has 0 saturated heterocycles. The lowest BCUT2D eigenvalue weighted by Gasteiger charge is -2.09. The zero-order valence-electron chi connectivity index (χ0n) is 8.55. The topological polar surface area (TPSA) is 37.0 Å². The minimum atomic E-state index is 0.510. The summed E-state index contributed by atoms with van der Waals surface area (Å²) in [6.07, 6.45) is 1.73. The third-order valence-electron chi connectivity index (χ3n) is 1.73. The Morgan fingerprint density at radius 3 is 2.86 bits per heavy atom. The molecule has 0 atom stereocenters. The molecule has 0 fully saturated rings. The van der Waals surface area contributed by atoms with Crippen LogP contribution in [0, 0.1) is 0 Å². The van der Waals surface area contributed by atoms with Crippen LogP contribution >= 0.6 is 11.6 Å². The van der Waals surface area contributed by atoms with Crippen molar-refractivity contribution in [3.8, 4) is 0 Å². The largest absolute Gasteiger partial charge is 0.368 e. The Labute approximate surface area is 89.9 Å². The first-order chi connectivity index (χ1) is 6.70. The van der Waals surface area contributed by atoms with E-state index in [1.807, 2.05) is 12.1 Å². The molecule has 1 heterocycles. The molecule has 0 radical (unpaired) electrons. The second-order valence-corrected chi connectivity index (χ2v) is 3.78. The first-order valence-corrected chi connectivity index (χ1v) is 5.15. The number of pyridine rings is 1. The van der Waals surface area contributed by atoms with E-state index >= 15 is 0 Å². The van der Waals surface area contributed by atoms with Gasteiger partial charge in [-0.1, -0.05) is 25.4 Å². The van der Waals surface area contributed by atoms with Crippen LogP contribution < -0.4 is 10.6 Å². The Morgan fingerprint density at radius 1 is 1.43 bits per heavy atom. The van der Waals surface area contributed by atoms with Crippen LogP contribution in [0.1, 0.15) is 13.8 Å². The molecule has 0 spiro atoms. The van der Waals surface area contributed by atoms with Crippen molar-refractivity contribution in [2.45, 2.75) is 19.9 Å². The fourth-order valence-corrected chi connectivity index (χ4v) is 1.25. The molecule has 3 nitrogen and oxygen atoms in total. The molecule has 0 saturated carbocycles. The predicted octanol–water partition coefficient (Wildman–Crippen LogP) is 2.14. The molecule has 0 unspecified atom stereocenters. The molecule has 1 rings (SSSR count). The van der Waals surface area contributed by atoms with Gasteiger partial charge in [-0.05, 0) is 12.1 Å². The molecule has 0 aromatic carbocycles. The Hall–Kier alpha value is -0.800. The van der Waals surface area contributed by atoms with Gasteiger partial charge in [0.05, 0.1) is 5.02 Å². The molecule has 14 heavy (non-hydrogen) atoms. The number of halogens is 1. The summed E-state index contributed by atoms with van der Waals surface area (Å²) < 4.78 is 0. The average Bonchev–Trinajstić information content (AvgIpc) is 2.15. The molecule has 0 aliphatic carbocycles. The summed E-state index contributed by atoms with van der Waals surface area (Å²) in [5.74, 6) is 0.750. The molecule has 1 aromatic rings. The van der Waals surface area contributed by atoms with E-state index in [-0.39, 0.29) is 0 Å². The second-order valence-electron chi connectivity index (χ2n) is 3.37. The highest BCUT2D eigenvalue weighted by atomic mass is 35.5. The van der Waals surface area contributed by atoms with E-state index in [0.29, 0.717) is 11.1 Å². The van der Waals surface area contributed by atoms with Crippen LogP contribution in [0.25, 0.3) is 0 Å². The fourth-order valence-electron chi connectivity index (χ4n) is 1.06. The number of rotatable bonds is 5. The number of nitrogens with one attached hydrogen (secondary N) is 2. The smallest absolute Gasteiger partial charge is 0.144 e. The van der Waals surface area contributed by atoms with Crippen LogP contribution in [-0.2, 0) is 0 Å². The van der Waals surface area contributed by atoms with Crippen LogP contribution in [0.5, 0.6) is 0 Å². The maximum Gasteiger partial charge on any atom is 0.144 e. The summed E-state index contributed by atoms with van der Waals surface area (Å²) in [7, 11) is 0. The van der Waals surface area contributed by atoms with E-state index in [1.54, 1.807) is 6.20 Å². The predicted molar refractivity (Wildman–Crippen MR) is 60.9 cm³/mol. The van der Waals surface area contributed by atoms with Crippen molar-refractivity contribution in [1.82, 2.24) is 10.3 Å². The van der Waals surface area contributed by atoms with Gasteiger partial charge in [0, 0.05) is 25.3 Å². The van der Waals surface area contributed by atoms with Crippen molar-refractivity contribution in [1.29, 1.82) is 0 Å². The lowest BCUT2D eigenvalue weighted by molar-refractivity contribution is 0.602. The maximum atomic E-state index is 5.92. The highest BCUT2D eigenvalue weighted by molar-refractivity contribution is 6.32. The molecule has 4 heteroatoms. The van der Waals surface area contributed by atoms with Crippen molar-refractivity contribution in [3.05, 3.63) is 23.4 Å². The van der Waals surface area contributed by atoms with Crippen molar-refractivity contribution in [2.75, 3.05) is 18.4 Å². The third kappa shape index (κ3) is 3.94. The zero-order valence-corrected chi connectivity index (χ0v) is 9.30. The van der Waals surface area contributed by atoms with Gasteiger partial charge in [0.2, 0.25) is 0 Å². The second kappa shape index (κ2) is 5.83. The Balaban J connectivity index is 2.28. The summed E-state index contributed by atoms with van der Waals surface area (Å²) in [5, 5.41) is 7.13. The Kier molecular flexibility index (Phi) is 4.70. The van der Waals surface area contributed by atoms with E-state index in [9.17, 15) is 0 Å². The van der Waals surface area contributed by atoms with Gasteiger partial charge in [0.15, 0.2) is 0 Å². The van der Waals surface area contributed by atoms with Gasteiger partial charge in [0.25, 0.3) is 0 Å². The quantitative estimate of drug-likeness (QED) is 0.736. The van der Waals surface area contributed by atoms with Crippen LogP contribution in [0.3, 0.4) is 0 Å². The first-order valence-electron chi connectivity index (χ1n) is 4.78. The van der Waals surface area contributed by atoms with E-state index in [0.717, 1.165) is 18.9 Å². The maximum absolute atomic E-state index is 5.92. The molecule has 0 aliphatic rings. The van der Waals surface area contributed by atoms with E-state index in [2.05, 4.69) is 29.5 Å². The molecule has 0 aliphatic heterocycles. The molecule has 78 valence electrons. The highest BCUT2D eigenvalue weighted by Gasteiger charge is 1.98. The summed E-state index contributed by atoms with van der Waals surface area (Å²) in [6, 6.07) is 4.16. The Bertz CT molecular complexity index is 276. The van der Waals surface area contributed by atoms with Gasteiger partial charge in [0.1, 0.15) is 5.82 Å². The van der Waals surface area contributed by atoms with Gasteiger partial charge < -0.3 is 10.6 Å². The molecule has 0 amide bonds. The molecule has 2 N–H and O–H groups in total. The summed E-state index contributed by atoms with van der Waals surface area (Å²) >= 11 is 5.92.